The molecule has 0 aliphatic rings. The molecule has 3 heteroatoms. The normalized spacial score (nSPS) is 11.6. The lowest BCUT2D eigenvalue weighted by Crippen LogP contribution is -2.14. The number of carbonyl (C=O) groups is 2. The van der Waals surface area contributed by atoms with Crippen molar-refractivity contribution in [3.8, 4) is 0 Å². The average molecular weight is 260 g/mol. The molecule has 0 bridgehead atoms. The molecule has 0 amide bonds. The number of ketones is 1. The molecule has 0 unspecified atom stereocenters. The quantitative estimate of drug-likeness (QED) is 0.602. The van der Waals surface area contributed by atoms with Crippen molar-refractivity contribution in [2.45, 2.75) is 33.1 Å². The number of esters is 1. The van der Waals surface area contributed by atoms with Crippen LogP contribution < -0.4 is 0 Å². The van der Waals surface area contributed by atoms with Gasteiger partial charge >= 0.3 is 5.97 Å². The fourth-order valence-corrected chi connectivity index (χ4v) is 1.67. The predicted molar refractivity (Wildman–Crippen MR) is 75.2 cm³/mol. The summed E-state index contributed by atoms with van der Waals surface area (Å²) < 4.78 is 4.93. The van der Waals surface area contributed by atoms with E-state index in [-0.39, 0.29) is 17.2 Å². The van der Waals surface area contributed by atoms with Gasteiger partial charge in [-0.3, -0.25) is 4.79 Å². The Labute approximate surface area is 114 Å². The summed E-state index contributed by atoms with van der Waals surface area (Å²) in [7, 11) is 0. The van der Waals surface area contributed by atoms with Crippen molar-refractivity contribution in [2.75, 3.05) is 6.61 Å². The Morgan fingerprint density at radius 1 is 1.21 bits per heavy atom. The Bertz CT molecular complexity index is 481. The molecule has 102 valence electrons. The number of carbonyl (C=O) groups excluding carboxylic acids is 2. The Hall–Kier alpha value is -1.90. The smallest absolute Gasteiger partial charge is 0.338 e. The van der Waals surface area contributed by atoms with Gasteiger partial charge in [0, 0.05) is 5.41 Å². The number of benzene rings is 1. The number of allylic oxidation sites excluding steroid dienone is 2. The van der Waals surface area contributed by atoms with Crippen LogP contribution in [0, 0.1) is 0 Å². The molecular weight excluding hydrogens is 240 g/mol. The third-order valence-corrected chi connectivity index (χ3v) is 2.87. The Morgan fingerprint density at radius 3 is 2.26 bits per heavy atom. The molecule has 1 aromatic carbocycles. The van der Waals surface area contributed by atoms with E-state index in [4.69, 9.17) is 4.74 Å². The van der Waals surface area contributed by atoms with E-state index < -0.39 is 0 Å². The van der Waals surface area contributed by atoms with Gasteiger partial charge < -0.3 is 4.74 Å². The fourth-order valence-electron chi connectivity index (χ4n) is 1.67. The Morgan fingerprint density at radius 2 is 1.79 bits per heavy atom. The lowest BCUT2D eigenvalue weighted by molar-refractivity contribution is -0.112. The van der Waals surface area contributed by atoms with Gasteiger partial charge in [0.2, 0.25) is 0 Å². The molecule has 19 heavy (non-hydrogen) atoms. The topological polar surface area (TPSA) is 43.4 Å². The molecule has 0 aromatic heterocycles. The van der Waals surface area contributed by atoms with Crippen molar-refractivity contribution in [1.29, 1.82) is 0 Å². The third-order valence-electron chi connectivity index (χ3n) is 2.87. The van der Waals surface area contributed by atoms with Crippen LogP contribution >= 0.6 is 0 Å². The van der Waals surface area contributed by atoms with E-state index >= 15 is 0 Å². The Kier molecular flexibility index (Phi) is 5.04. The van der Waals surface area contributed by atoms with E-state index in [0.717, 1.165) is 5.56 Å². The second-order valence-electron chi connectivity index (χ2n) is 4.96. The van der Waals surface area contributed by atoms with Crippen molar-refractivity contribution in [3.63, 3.8) is 0 Å². The SMILES string of the molecule is CCOC(=O)c1ccc(C(C)(C)/C=C/C(C)=O)cc1. The summed E-state index contributed by atoms with van der Waals surface area (Å²) in [5.74, 6) is -0.289. The molecule has 0 fully saturated rings. The highest BCUT2D eigenvalue weighted by molar-refractivity contribution is 5.89. The maximum absolute atomic E-state index is 11.5. The van der Waals surface area contributed by atoms with E-state index in [0.29, 0.717) is 12.2 Å². The van der Waals surface area contributed by atoms with Gasteiger partial charge in [-0.25, -0.2) is 4.79 Å². The lowest BCUT2D eigenvalue weighted by Gasteiger charge is -2.21. The van der Waals surface area contributed by atoms with Crippen LogP contribution in [0.3, 0.4) is 0 Å². The van der Waals surface area contributed by atoms with Crippen LogP contribution in [0.5, 0.6) is 0 Å². The second kappa shape index (κ2) is 6.32. The van der Waals surface area contributed by atoms with Crippen LogP contribution in [0.25, 0.3) is 0 Å². The number of hydrogen-bond donors (Lipinski definition) is 0. The summed E-state index contributed by atoms with van der Waals surface area (Å²) in [6.45, 7) is 7.71. The van der Waals surface area contributed by atoms with E-state index in [1.807, 2.05) is 32.1 Å². The molecule has 0 atom stereocenters. The van der Waals surface area contributed by atoms with Gasteiger partial charge in [-0.2, -0.15) is 0 Å². The van der Waals surface area contributed by atoms with E-state index in [1.54, 1.807) is 25.1 Å². The monoisotopic (exact) mass is 260 g/mol. The molecule has 0 heterocycles. The van der Waals surface area contributed by atoms with Crippen LogP contribution in [0.15, 0.2) is 36.4 Å². The minimum atomic E-state index is -0.314. The number of rotatable bonds is 5. The summed E-state index contributed by atoms with van der Waals surface area (Å²) >= 11 is 0. The summed E-state index contributed by atoms with van der Waals surface area (Å²) in [4.78, 5) is 22.5. The highest BCUT2D eigenvalue weighted by atomic mass is 16.5. The molecule has 1 aromatic rings. The lowest BCUT2D eigenvalue weighted by atomic mass is 9.84. The first-order valence-electron chi connectivity index (χ1n) is 6.34. The van der Waals surface area contributed by atoms with Gasteiger partial charge in [0.1, 0.15) is 0 Å². The maximum Gasteiger partial charge on any atom is 0.338 e. The summed E-state index contributed by atoms with van der Waals surface area (Å²) in [6, 6.07) is 7.26. The molecule has 0 aliphatic heterocycles. The van der Waals surface area contributed by atoms with Crippen LogP contribution in [-0.2, 0) is 14.9 Å². The number of hydrogen-bond acceptors (Lipinski definition) is 3. The Balaban J connectivity index is 2.92. The minimum absolute atomic E-state index is 0.0243. The van der Waals surface area contributed by atoms with Crippen molar-refractivity contribution < 1.29 is 14.3 Å². The van der Waals surface area contributed by atoms with Gasteiger partial charge in [-0.05, 0) is 37.6 Å². The highest BCUT2D eigenvalue weighted by Crippen LogP contribution is 2.25. The largest absolute Gasteiger partial charge is 0.462 e. The van der Waals surface area contributed by atoms with E-state index in [9.17, 15) is 9.59 Å². The first-order valence-corrected chi connectivity index (χ1v) is 6.34. The van der Waals surface area contributed by atoms with Crippen molar-refractivity contribution >= 4 is 11.8 Å². The molecule has 0 aliphatic carbocycles. The zero-order valence-electron chi connectivity index (χ0n) is 11.9. The predicted octanol–water partition coefficient (Wildman–Crippen LogP) is 3.29. The standard InChI is InChI=1S/C16H20O3/c1-5-19-15(18)13-6-8-14(9-7-13)16(3,4)11-10-12(2)17/h6-11H,5H2,1-4H3/b11-10+. The summed E-state index contributed by atoms with van der Waals surface area (Å²) in [6.07, 6.45) is 3.44. The third kappa shape index (κ3) is 4.36. The fraction of sp³-hybridized carbons (Fsp3) is 0.375. The molecular formula is C16H20O3. The molecule has 0 saturated carbocycles. The van der Waals surface area contributed by atoms with Gasteiger partial charge in [-0.15, -0.1) is 0 Å². The van der Waals surface area contributed by atoms with Crippen LogP contribution in [0.2, 0.25) is 0 Å². The molecule has 0 saturated heterocycles. The first kappa shape index (κ1) is 15.2. The van der Waals surface area contributed by atoms with Crippen molar-refractivity contribution in [3.05, 3.63) is 47.5 Å². The summed E-state index contributed by atoms with van der Waals surface area (Å²) in [5.41, 5.74) is 1.33. The van der Waals surface area contributed by atoms with Crippen LogP contribution in [-0.4, -0.2) is 18.4 Å². The van der Waals surface area contributed by atoms with Gasteiger partial charge in [-0.1, -0.05) is 32.1 Å². The average Bonchev–Trinajstić information content (AvgIpc) is 2.37. The number of ether oxygens (including phenoxy) is 1. The first-order chi connectivity index (χ1) is 8.86. The van der Waals surface area contributed by atoms with Crippen molar-refractivity contribution in [1.82, 2.24) is 0 Å². The minimum Gasteiger partial charge on any atom is -0.462 e. The zero-order chi connectivity index (χ0) is 14.5. The van der Waals surface area contributed by atoms with Crippen LogP contribution in [0.4, 0.5) is 0 Å². The molecule has 0 N–H and O–H groups in total. The van der Waals surface area contributed by atoms with Gasteiger partial charge in [0.05, 0.1) is 12.2 Å². The van der Waals surface area contributed by atoms with Gasteiger partial charge in [0.15, 0.2) is 5.78 Å². The van der Waals surface area contributed by atoms with Crippen molar-refractivity contribution in [2.24, 2.45) is 0 Å². The van der Waals surface area contributed by atoms with E-state index in [1.165, 1.54) is 6.92 Å². The van der Waals surface area contributed by atoms with Crippen LogP contribution in [0.1, 0.15) is 43.6 Å². The molecule has 0 spiro atoms. The van der Waals surface area contributed by atoms with E-state index in [2.05, 4.69) is 0 Å². The molecule has 0 radical (unpaired) electrons. The maximum atomic E-state index is 11.5. The summed E-state index contributed by atoms with van der Waals surface area (Å²) in [5, 5.41) is 0. The van der Waals surface area contributed by atoms with Gasteiger partial charge in [0.25, 0.3) is 0 Å². The molecule has 1 rings (SSSR count). The zero-order valence-corrected chi connectivity index (χ0v) is 11.9. The highest BCUT2D eigenvalue weighted by Gasteiger charge is 2.17. The molecule has 3 nitrogen and oxygen atoms in total. The second-order valence-corrected chi connectivity index (χ2v) is 4.96.